The largest absolute Gasteiger partial charge is 0.515 e. The Labute approximate surface area is 52.3 Å². The average Bonchev–Trinajstić information content (AvgIpc) is 1.90. The molecule has 4 nitrogen and oxygen atoms in total. The molecule has 50 valence electrons. The van der Waals surface area contributed by atoms with Crippen LogP contribution in [0.15, 0.2) is 11.8 Å². The third-order valence-corrected chi connectivity index (χ3v) is 0.716. The zero-order chi connectivity index (χ0) is 7.28. The molecule has 0 unspecified atom stereocenters. The summed E-state index contributed by atoms with van der Waals surface area (Å²) in [6, 6.07) is 0. The molecule has 0 bridgehead atoms. The molecule has 9 heavy (non-hydrogen) atoms. The van der Waals surface area contributed by atoms with Crippen molar-refractivity contribution in [2.24, 2.45) is 0 Å². The number of methoxy groups -OCH3 is 1. The minimum Gasteiger partial charge on any atom is -0.515 e. The average molecular weight is 129 g/mol. The number of ether oxygens (including phenoxy) is 1. The van der Waals surface area contributed by atoms with Crippen LogP contribution < -0.4 is 0 Å². The Morgan fingerprint density at radius 3 is 2.44 bits per heavy atom. The first-order valence-electron chi connectivity index (χ1n) is 2.19. The number of carbonyl (C=O) groups is 1. The summed E-state index contributed by atoms with van der Waals surface area (Å²) in [6.07, 6.45) is 1.24. The first-order chi connectivity index (χ1) is 4.26. The van der Waals surface area contributed by atoms with Crippen LogP contribution in [0.2, 0.25) is 0 Å². The Kier molecular flexibility index (Phi) is 3.12. The predicted molar refractivity (Wildman–Crippen MR) is 31.5 cm³/mol. The van der Waals surface area contributed by atoms with E-state index in [2.05, 4.69) is 4.74 Å². The van der Waals surface area contributed by atoms with Crippen LogP contribution >= 0.6 is 0 Å². The molecule has 4 heteroatoms. The molecule has 0 fully saturated rings. The van der Waals surface area contributed by atoms with E-state index >= 15 is 0 Å². The highest BCUT2D eigenvalue weighted by atomic mass is 16.5. The first kappa shape index (κ1) is 7.68. The fourth-order valence-electron chi connectivity index (χ4n) is 0.267. The van der Waals surface area contributed by atoms with Crippen molar-refractivity contribution in [3.63, 3.8) is 0 Å². The zero-order valence-corrected chi connectivity index (χ0v) is 4.92. The van der Waals surface area contributed by atoms with E-state index in [0.29, 0.717) is 12.5 Å². The van der Waals surface area contributed by atoms with Crippen LogP contribution in [0.1, 0.15) is 0 Å². The fourth-order valence-corrected chi connectivity index (χ4v) is 0.267. The molecule has 0 aliphatic carbocycles. The van der Waals surface area contributed by atoms with Crippen LogP contribution in [0, 0.1) is 5.41 Å². The van der Waals surface area contributed by atoms with Gasteiger partial charge >= 0.3 is 5.97 Å². The van der Waals surface area contributed by atoms with E-state index in [0.717, 1.165) is 0 Å². The third kappa shape index (κ3) is 1.94. The lowest BCUT2D eigenvalue weighted by Gasteiger charge is -1.93. The van der Waals surface area contributed by atoms with Gasteiger partial charge in [-0.05, 0) is 0 Å². The summed E-state index contributed by atoms with van der Waals surface area (Å²) in [4.78, 5) is 10.4. The Balaban J connectivity index is 4.14. The molecule has 0 spiro atoms. The van der Waals surface area contributed by atoms with Gasteiger partial charge in [0.2, 0.25) is 0 Å². The van der Waals surface area contributed by atoms with Gasteiger partial charge in [-0.15, -0.1) is 0 Å². The van der Waals surface area contributed by atoms with Crippen molar-refractivity contribution in [2.75, 3.05) is 7.11 Å². The maximum absolute atomic E-state index is 10.4. The molecule has 0 aromatic carbocycles. The number of aliphatic hydroxyl groups excluding tert-OH is 1. The Hall–Kier alpha value is -1.32. The van der Waals surface area contributed by atoms with Gasteiger partial charge in [-0.3, -0.25) is 0 Å². The molecule has 0 saturated carbocycles. The maximum Gasteiger partial charge on any atom is 0.342 e. The van der Waals surface area contributed by atoms with Crippen molar-refractivity contribution in [1.82, 2.24) is 0 Å². The smallest absolute Gasteiger partial charge is 0.342 e. The van der Waals surface area contributed by atoms with Crippen molar-refractivity contribution >= 4 is 12.2 Å². The van der Waals surface area contributed by atoms with E-state index in [1.54, 1.807) is 0 Å². The molecular weight excluding hydrogens is 122 g/mol. The molecule has 0 heterocycles. The standard InChI is InChI=1S/C5H7NO3/c1-9-5(8)4(2-6)3-7/h2-3,6-7H,1H3/b4-3+,6-2?. The Morgan fingerprint density at radius 1 is 1.78 bits per heavy atom. The summed E-state index contributed by atoms with van der Waals surface area (Å²) in [7, 11) is 1.18. The highest BCUT2D eigenvalue weighted by Gasteiger charge is 2.04. The lowest BCUT2D eigenvalue weighted by molar-refractivity contribution is -0.135. The van der Waals surface area contributed by atoms with Crippen molar-refractivity contribution in [1.29, 1.82) is 5.41 Å². The van der Waals surface area contributed by atoms with E-state index in [-0.39, 0.29) is 5.57 Å². The predicted octanol–water partition coefficient (Wildman–Crippen LogP) is 0.251. The molecule has 0 aromatic heterocycles. The molecule has 0 amide bonds. The van der Waals surface area contributed by atoms with Crippen LogP contribution in [0.5, 0.6) is 0 Å². The van der Waals surface area contributed by atoms with Gasteiger partial charge in [-0.2, -0.15) is 0 Å². The van der Waals surface area contributed by atoms with E-state index in [9.17, 15) is 4.79 Å². The van der Waals surface area contributed by atoms with Gasteiger partial charge in [-0.1, -0.05) is 0 Å². The van der Waals surface area contributed by atoms with Crippen molar-refractivity contribution in [3.05, 3.63) is 11.8 Å². The van der Waals surface area contributed by atoms with Gasteiger partial charge in [0.25, 0.3) is 0 Å². The third-order valence-electron chi connectivity index (χ3n) is 0.716. The molecule has 0 aromatic rings. The second-order valence-electron chi connectivity index (χ2n) is 1.22. The van der Waals surface area contributed by atoms with Crippen LogP contribution in [-0.2, 0) is 9.53 Å². The quantitative estimate of drug-likeness (QED) is 0.243. The first-order valence-corrected chi connectivity index (χ1v) is 2.19. The van der Waals surface area contributed by atoms with Gasteiger partial charge in [-0.25, -0.2) is 4.79 Å². The molecule has 0 aliphatic heterocycles. The monoisotopic (exact) mass is 129 g/mol. The number of hydrogen-bond donors (Lipinski definition) is 2. The topological polar surface area (TPSA) is 70.4 Å². The van der Waals surface area contributed by atoms with Gasteiger partial charge < -0.3 is 15.3 Å². The summed E-state index contributed by atoms with van der Waals surface area (Å²) in [6.45, 7) is 0. The SMILES string of the molecule is COC(=O)/C(C=N)=C/O. The number of aliphatic hydroxyl groups is 1. The number of rotatable bonds is 2. The van der Waals surface area contributed by atoms with E-state index < -0.39 is 5.97 Å². The number of carbonyl (C=O) groups excluding carboxylic acids is 1. The van der Waals surface area contributed by atoms with Crippen LogP contribution in [-0.4, -0.2) is 24.4 Å². The molecular formula is C5H7NO3. The molecule has 0 atom stereocenters. The zero-order valence-electron chi connectivity index (χ0n) is 4.92. The molecule has 0 saturated heterocycles. The summed E-state index contributed by atoms with van der Waals surface area (Å²) in [5.41, 5.74) is -0.169. The fraction of sp³-hybridized carbons (Fsp3) is 0.200. The summed E-state index contributed by atoms with van der Waals surface area (Å²) in [5, 5.41) is 14.8. The summed E-state index contributed by atoms with van der Waals surface area (Å²) in [5.74, 6) is -0.715. The van der Waals surface area contributed by atoms with Crippen molar-refractivity contribution in [2.45, 2.75) is 0 Å². The van der Waals surface area contributed by atoms with E-state index in [1.807, 2.05) is 0 Å². The highest BCUT2D eigenvalue weighted by Crippen LogP contribution is 1.89. The summed E-state index contributed by atoms with van der Waals surface area (Å²) >= 11 is 0. The second kappa shape index (κ2) is 3.65. The van der Waals surface area contributed by atoms with E-state index in [4.69, 9.17) is 10.5 Å². The van der Waals surface area contributed by atoms with Crippen LogP contribution in [0.3, 0.4) is 0 Å². The lowest BCUT2D eigenvalue weighted by atomic mass is 10.3. The van der Waals surface area contributed by atoms with Crippen molar-refractivity contribution in [3.8, 4) is 0 Å². The van der Waals surface area contributed by atoms with Gasteiger partial charge in [0.1, 0.15) is 5.57 Å². The van der Waals surface area contributed by atoms with E-state index in [1.165, 1.54) is 7.11 Å². The number of esters is 1. The minimum atomic E-state index is -0.715. The van der Waals surface area contributed by atoms with Gasteiger partial charge in [0.05, 0.1) is 13.4 Å². The normalized spacial score (nSPS) is 10.6. The number of hydrogen-bond acceptors (Lipinski definition) is 4. The molecule has 0 aliphatic rings. The Bertz CT molecular complexity index is 150. The maximum atomic E-state index is 10.4. The highest BCUT2D eigenvalue weighted by molar-refractivity contribution is 6.08. The van der Waals surface area contributed by atoms with Crippen LogP contribution in [0.25, 0.3) is 0 Å². The van der Waals surface area contributed by atoms with Crippen LogP contribution in [0.4, 0.5) is 0 Å². The molecule has 2 N–H and O–H groups in total. The summed E-state index contributed by atoms with van der Waals surface area (Å²) < 4.78 is 4.18. The van der Waals surface area contributed by atoms with Gasteiger partial charge in [0.15, 0.2) is 0 Å². The Morgan fingerprint density at radius 2 is 2.33 bits per heavy atom. The minimum absolute atomic E-state index is 0.169. The van der Waals surface area contributed by atoms with Gasteiger partial charge in [0, 0.05) is 6.21 Å². The molecule has 0 rings (SSSR count). The van der Waals surface area contributed by atoms with Crippen molar-refractivity contribution < 1.29 is 14.6 Å². The second-order valence-corrected chi connectivity index (χ2v) is 1.22. The molecule has 0 radical (unpaired) electrons. The lowest BCUT2D eigenvalue weighted by Crippen LogP contribution is -2.04. The number of nitrogens with one attached hydrogen (secondary N) is 1.